The molecule has 0 aliphatic carbocycles. The Morgan fingerprint density at radius 1 is 1.50 bits per heavy atom. The van der Waals surface area contributed by atoms with Gasteiger partial charge in [0.1, 0.15) is 6.04 Å². The summed E-state index contributed by atoms with van der Waals surface area (Å²) in [6.45, 7) is 4.90. The Morgan fingerprint density at radius 2 is 2.19 bits per heavy atom. The van der Waals surface area contributed by atoms with Crippen LogP contribution in [0.3, 0.4) is 0 Å². The van der Waals surface area contributed by atoms with Gasteiger partial charge in [0.25, 0.3) is 0 Å². The third-order valence-electron chi connectivity index (χ3n) is 2.71. The molecule has 1 fully saturated rings. The lowest BCUT2D eigenvalue weighted by Crippen LogP contribution is -2.45. The molecule has 0 spiro atoms. The van der Waals surface area contributed by atoms with Crippen molar-refractivity contribution in [1.82, 2.24) is 10.2 Å². The Labute approximate surface area is 96.1 Å². The fourth-order valence-corrected chi connectivity index (χ4v) is 1.84. The SMILES string of the molecule is COC(=O)C1CCCN1C(=O)CNC(C)C. The molecule has 5 nitrogen and oxygen atoms in total. The lowest BCUT2D eigenvalue weighted by molar-refractivity contribution is -0.150. The van der Waals surface area contributed by atoms with Gasteiger partial charge in [0.15, 0.2) is 0 Å². The number of esters is 1. The first kappa shape index (κ1) is 13.0. The van der Waals surface area contributed by atoms with Crippen molar-refractivity contribution in [3.05, 3.63) is 0 Å². The minimum atomic E-state index is -0.383. The van der Waals surface area contributed by atoms with Gasteiger partial charge in [-0.05, 0) is 12.8 Å². The highest BCUT2D eigenvalue weighted by atomic mass is 16.5. The van der Waals surface area contributed by atoms with Gasteiger partial charge in [0.2, 0.25) is 5.91 Å². The van der Waals surface area contributed by atoms with E-state index in [4.69, 9.17) is 0 Å². The van der Waals surface area contributed by atoms with E-state index in [1.54, 1.807) is 4.90 Å². The second-order valence-corrected chi connectivity index (χ2v) is 4.30. The number of carbonyl (C=O) groups excluding carboxylic acids is 2. The number of rotatable bonds is 4. The molecule has 92 valence electrons. The lowest BCUT2D eigenvalue weighted by atomic mass is 10.2. The molecule has 1 heterocycles. The smallest absolute Gasteiger partial charge is 0.328 e. The molecule has 0 radical (unpaired) electrons. The molecule has 1 saturated heterocycles. The second-order valence-electron chi connectivity index (χ2n) is 4.30. The summed E-state index contributed by atoms with van der Waals surface area (Å²) >= 11 is 0. The maximum atomic E-state index is 11.8. The van der Waals surface area contributed by atoms with E-state index >= 15 is 0 Å². The van der Waals surface area contributed by atoms with Crippen molar-refractivity contribution in [1.29, 1.82) is 0 Å². The molecule has 1 atom stereocenters. The lowest BCUT2D eigenvalue weighted by Gasteiger charge is -2.23. The normalized spacial score (nSPS) is 20.2. The minimum Gasteiger partial charge on any atom is -0.467 e. The van der Waals surface area contributed by atoms with Gasteiger partial charge in [-0.25, -0.2) is 4.79 Å². The summed E-state index contributed by atoms with van der Waals surface area (Å²) in [4.78, 5) is 24.9. The van der Waals surface area contributed by atoms with Crippen molar-refractivity contribution < 1.29 is 14.3 Å². The van der Waals surface area contributed by atoms with Crippen molar-refractivity contribution in [3.8, 4) is 0 Å². The number of hydrogen-bond acceptors (Lipinski definition) is 4. The van der Waals surface area contributed by atoms with E-state index < -0.39 is 0 Å². The maximum absolute atomic E-state index is 11.8. The van der Waals surface area contributed by atoms with Crippen LogP contribution >= 0.6 is 0 Å². The largest absolute Gasteiger partial charge is 0.467 e. The molecular weight excluding hydrogens is 208 g/mol. The summed E-state index contributed by atoms with van der Waals surface area (Å²) in [5, 5.41) is 3.06. The van der Waals surface area contributed by atoms with Crippen LogP contribution in [0, 0.1) is 0 Å². The van der Waals surface area contributed by atoms with Gasteiger partial charge in [-0.1, -0.05) is 13.8 Å². The van der Waals surface area contributed by atoms with E-state index in [1.807, 2.05) is 13.8 Å². The van der Waals surface area contributed by atoms with E-state index in [9.17, 15) is 9.59 Å². The van der Waals surface area contributed by atoms with Crippen molar-refractivity contribution in [2.24, 2.45) is 0 Å². The van der Waals surface area contributed by atoms with Gasteiger partial charge >= 0.3 is 5.97 Å². The van der Waals surface area contributed by atoms with Crippen LogP contribution in [0.2, 0.25) is 0 Å². The standard InChI is InChI=1S/C11H20N2O3/c1-8(2)12-7-10(14)13-6-4-5-9(13)11(15)16-3/h8-9,12H,4-7H2,1-3H3. The Kier molecular flexibility index (Phi) is 4.73. The van der Waals surface area contributed by atoms with Crippen LogP contribution in [0.5, 0.6) is 0 Å². The zero-order valence-corrected chi connectivity index (χ0v) is 10.2. The number of likely N-dealkylation sites (tertiary alicyclic amines) is 1. The predicted octanol–water partition coefficient (Wildman–Crippen LogP) is 0.148. The Hall–Kier alpha value is -1.10. The fraction of sp³-hybridized carbons (Fsp3) is 0.818. The number of amides is 1. The molecule has 1 rings (SSSR count). The Morgan fingerprint density at radius 3 is 2.75 bits per heavy atom. The van der Waals surface area contributed by atoms with E-state index in [0.29, 0.717) is 13.0 Å². The zero-order valence-electron chi connectivity index (χ0n) is 10.2. The van der Waals surface area contributed by atoms with E-state index in [2.05, 4.69) is 10.1 Å². The molecule has 0 aromatic heterocycles. The van der Waals surface area contributed by atoms with Crippen molar-refractivity contribution in [2.75, 3.05) is 20.2 Å². The van der Waals surface area contributed by atoms with Gasteiger partial charge in [0, 0.05) is 12.6 Å². The van der Waals surface area contributed by atoms with Crippen molar-refractivity contribution in [2.45, 2.75) is 38.8 Å². The average Bonchev–Trinajstić information content (AvgIpc) is 2.73. The summed E-state index contributed by atoms with van der Waals surface area (Å²) in [6.07, 6.45) is 1.58. The maximum Gasteiger partial charge on any atom is 0.328 e. The Bertz CT molecular complexity index is 266. The molecule has 1 N–H and O–H groups in total. The highest BCUT2D eigenvalue weighted by Gasteiger charge is 2.34. The molecule has 1 aliphatic rings. The number of carbonyl (C=O) groups is 2. The number of nitrogens with one attached hydrogen (secondary N) is 1. The van der Waals surface area contributed by atoms with Gasteiger partial charge in [-0.15, -0.1) is 0 Å². The minimum absolute atomic E-state index is 0.0263. The zero-order chi connectivity index (χ0) is 12.1. The van der Waals surface area contributed by atoms with Gasteiger partial charge in [-0.3, -0.25) is 4.79 Å². The topological polar surface area (TPSA) is 58.6 Å². The number of hydrogen-bond donors (Lipinski definition) is 1. The quantitative estimate of drug-likeness (QED) is 0.696. The molecular formula is C11H20N2O3. The molecule has 1 unspecified atom stereocenters. The highest BCUT2D eigenvalue weighted by molar-refractivity contribution is 5.86. The van der Waals surface area contributed by atoms with E-state index in [1.165, 1.54) is 7.11 Å². The van der Waals surface area contributed by atoms with Gasteiger partial charge < -0.3 is 15.0 Å². The number of ether oxygens (including phenoxy) is 1. The first-order chi connectivity index (χ1) is 7.56. The number of nitrogens with zero attached hydrogens (tertiary/aromatic N) is 1. The van der Waals surface area contributed by atoms with Gasteiger partial charge in [-0.2, -0.15) is 0 Å². The van der Waals surface area contributed by atoms with E-state index in [0.717, 1.165) is 6.42 Å². The molecule has 0 aromatic rings. The third kappa shape index (κ3) is 3.20. The van der Waals surface area contributed by atoms with Crippen LogP contribution in [-0.4, -0.2) is 49.1 Å². The summed E-state index contributed by atoms with van der Waals surface area (Å²) < 4.78 is 4.69. The second kappa shape index (κ2) is 5.84. The van der Waals surface area contributed by atoms with Crippen LogP contribution in [0.4, 0.5) is 0 Å². The Balaban J connectivity index is 2.51. The van der Waals surface area contributed by atoms with Crippen molar-refractivity contribution >= 4 is 11.9 Å². The molecule has 1 amide bonds. The highest BCUT2D eigenvalue weighted by Crippen LogP contribution is 2.18. The summed E-state index contributed by atoms with van der Waals surface area (Å²) in [6, 6.07) is -0.116. The molecule has 0 saturated carbocycles. The molecule has 0 bridgehead atoms. The summed E-state index contributed by atoms with van der Waals surface area (Å²) in [7, 11) is 1.36. The van der Waals surface area contributed by atoms with Crippen LogP contribution < -0.4 is 5.32 Å². The molecule has 16 heavy (non-hydrogen) atoms. The summed E-state index contributed by atoms with van der Waals surface area (Å²) in [5.41, 5.74) is 0. The molecule has 0 aromatic carbocycles. The molecule has 5 heteroatoms. The first-order valence-electron chi connectivity index (χ1n) is 5.67. The van der Waals surface area contributed by atoms with Crippen LogP contribution in [-0.2, 0) is 14.3 Å². The average molecular weight is 228 g/mol. The van der Waals surface area contributed by atoms with Crippen LogP contribution in [0.15, 0.2) is 0 Å². The van der Waals surface area contributed by atoms with Crippen LogP contribution in [0.1, 0.15) is 26.7 Å². The fourth-order valence-electron chi connectivity index (χ4n) is 1.84. The van der Waals surface area contributed by atoms with Gasteiger partial charge in [0.05, 0.1) is 13.7 Å². The number of methoxy groups -OCH3 is 1. The van der Waals surface area contributed by atoms with Crippen LogP contribution in [0.25, 0.3) is 0 Å². The third-order valence-corrected chi connectivity index (χ3v) is 2.71. The monoisotopic (exact) mass is 228 g/mol. The summed E-state index contributed by atoms with van der Waals surface area (Å²) in [5.74, 6) is -0.336. The van der Waals surface area contributed by atoms with E-state index in [-0.39, 0.29) is 30.5 Å². The predicted molar refractivity (Wildman–Crippen MR) is 59.9 cm³/mol. The molecule has 1 aliphatic heterocycles. The first-order valence-corrected chi connectivity index (χ1v) is 5.67. The van der Waals surface area contributed by atoms with Crippen molar-refractivity contribution in [3.63, 3.8) is 0 Å².